The molecule has 3 rings (SSSR count). The van der Waals surface area contributed by atoms with Gasteiger partial charge in [0.15, 0.2) is 0 Å². The van der Waals surface area contributed by atoms with Gasteiger partial charge in [-0.1, -0.05) is 30.0 Å². The van der Waals surface area contributed by atoms with E-state index in [-0.39, 0.29) is 18.8 Å². The van der Waals surface area contributed by atoms with Crippen molar-refractivity contribution in [3.63, 3.8) is 0 Å². The van der Waals surface area contributed by atoms with Gasteiger partial charge in [-0.05, 0) is 67.7 Å². The molecule has 0 spiro atoms. The number of fused-ring (bicyclic) bond motifs is 2. The summed E-state index contributed by atoms with van der Waals surface area (Å²) in [7, 11) is 0. The molecule has 1 aliphatic rings. The molecular weight excluding hydrogens is 386 g/mol. The molecule has 2 aromatic rings. The molecule has 1 heterocycles. The van der Waals surface area contributed by atoms with Crippen LogP contribution in [0.15, 0.2) is 51.8 Å². The zero-order valence-corrected chi connectivity index (χ0v) is 17.2. The maximum atomic E-state index is 12.2. The first-order chi connectivity index (χ1) is 14.0. The van der Waals surface area contributed by atoms with Gasteiger partial charge in [0.25, 0.3) is 0 Å². The topological polar surface area (TPSA) is 76.4 Å². The van der Waals surface area contributed by atoms with Gasteiger partial charge in [0.1, 0.15) is 5.57 Å². The van der Waals surface area contributed by atoms with Gasteiger partial charge in [-0.2, -0.15) is 5.26 Å². The molecule has 0 fully saturated rings. The summed E-state index contributed by atoms with van der Waals surface area (Å²) in [5.41, 5.74) is 3.61. The maximum Gasteiger partial charge on any atom is 0.345 e. The Kier molecular flexibility index (Phi) is 6.73. The first-order valence-electron chi connectivity index (χ1n) is 9.45. The summed E-state index contributed by atoms with van der Waals surface area (Å²) in [5.74, 6) is -1.38. The van der Waals surface area contributed by atoms with E-state index in [1.54, 1.807) is 25.6 Å². The van der Waals surface area contributed by atoms with E-state index in [2.05, 4.69) is 6.07 Å². The Balaban J connectivity index is 1.93. The van der Waals surface area contributed by atoms with Crippen LogP contribution in [-0.2, 0) is 31.9 Å². The van der Waals surface area contributed by atoms with Crippen molar-refractivity contribution in [2.45, 2.75) is 36.5 Å². The second kappa shape index (κ2) is 9.44. The largest absolute Gasteiger partial charge is 0.462 e. The maximum absolute atomic E-state index is 12.2. The van der Waals surface area contributed by atoms with Crippen LogP contribution in [0, 0.1) is 11.3 Å². The Bertz CT molecular complexity index is 1000. The first kappa shape index (κ1) is 20.7. The van der Waals surface area contributed by atoms with E-state index in [0.29, 0.717) is 5.56 Å². The molecule has 6 heteroatoms. The zero-order valence-electron chi connectivity index (χ0n) is 16.4. The number of nitrogens with zero attached hydrogens (tertiary/aromatic N) is 1. The lowest BCUT2D eigenvalue weighted by Gasteiger charge is -2.09. The molecule has 0 amide bonds. The van der Waals surface area contributed by atoms with Crippen LogP contribution in [0.1, 0.15) is 36.1 Å². The number of nitriles is 1. The van der Waals surface area contributed by atoms with E-state index in [1.165, 1.54) is 11.6 Å². The molecule has 2 aromatic carbocycles. The number of benzene rings is 2. The normalized spacial score (nSPS) is 11.9. The number of aryl methyl sites for hydroxylation is 2. The average molecular weight is 407 g/mol. The van der Waals surface area contributed by atoms with E-state index >= 15 is 0 Å². The predicted molar refractivity (Wildman–Crippen MR) is 110 cm³/mol. The third-order valence-corrected chi connectivity index (χ3v) is 5.68. The summed E-state index contributed by atoms with van der Waals surface area (Å²) in [6.07, 6.45) is 3.21. The summed E-state index contributed by atoms with van der Waals surface area (Å²) in [6, 6.07) is 13.8. The van der Waals surface area contributed by atoms with E-state index in [0.717, 1.165) is 33.8 Å². The fourth-order valence-electron chi connectivity index (χ4n) is 3.08. The molecule has 0 aliphatic carbocycles. The smallest absolute Gasteiger partial charge is 0.345 e. The average Bonchev–Trinajstić information content (AvgIpc) is 2.90. The van der Waals surface area contributed by atoms with Gasteiger partial charge in [-0.3, -0.25) is 0 Å². The van der Waals surface area contributed by atoms with Crippen molar-refractivity contribution in [2.75, 3.05) is 13.2 Å². The molecule has 0 unspecified atom stereocenters. The fraction of sp³-hybridized carbons (Fsp3) is 0.261. The van der Waals surface area contributed by atoms with Crippen LogP contribution in [0.4, 0.5) is 0 Å². The van der Waals surface area contributed by atoms with Crippen LogP contribution >= 0.6 is 11.8 Å². The molecule has 148 valence electrons. The standard InChI is InChI=1S/C23H21NO4S/c1-3-27-22(25)19(23(26)28-4-2)12-15-6-10-20-18(11-15)9-8-17-7-5-16(14-24)13-21(17)29-20/h5-7,10-13H,3-4,8-9H2,1-2H3. The summed E-state index contributed by atoms with van der Waals surface area (Å²) >= 11 is 1.63. The summed E-state index contributed by atoms with van der Waals surface area (Å²) in [4.78, 5) is 26.6. The van der Waals surface area contributed by atoms with Crippen molar-refractivity contribution in [3.8, 4) is 6.07 Å². The molecule has 0 N–H and O–H groups in total. The monoisotopic (exact) mass is 407 g/mol. The Hall–Kier alpha value is -3.04. The van der Waals surface area contributed by atoms with E-state index in [4.69, 9.17) is 14.7 Å². The number of ether oxygens (including phenoxy) is 2. The van der Waals surface area contributed by atoms with E-state index < -0.39 is 11.9 Å². The summed E-state index contributed by atoms with van der Waals surface area (Å²) in [6.45, 7) is 3.74. The Morgan fingerprint density at radius 1 is 1.00 bits per heavy atom. The van der Waals surface area contributed by atoms with E-state index in [1.807, 2.05) is 36.4 Å². The highest BCUT2D eigenvalue weighted by molar-refractivity contribution is 7.99. The minimum atomic E-state index is -0.688. The lowest BCUT2D eigenvalue weighted by atomic mass is 10.0. The number of hydrogen-bond donors (Lipinski definition) is 0. The van der Waals surface area contributed by atoms with Crippen LogP contribution in [0.25, 0.3) is 6.08 Å². The lowest BCUT2D eigenvalue weighted by Crippen LogP contribution is -2.18. The van der Waals surface area contributed by atoms with Crippen LogP contribution in [0.3, 0.4) is 0 Å². The van der Waals surface area contributed by atoms with Gasteiger partial charge >= 0.3 is 11.9 Å². The molecule has 0 saturated carbocycles. The zero-order chi connectivity index (χ0) is 20.8. The minimum Gasteiger partial charge on any atom is -0.462 e. The quantitative estimate of drug-likeness (QED) is 0.318. The van der Waals surface area contributed by atoms with E-state index in [9.17, 15) is 9.59 Å². The van der Waals surface area contributed by atoms with Gasteiger partial charge in [-0.25, -0.2) is 9.59 Å². The van der Waals surface area contributed by atoms with Gasteiger partial charge in [0, 0.05) is 9.79 Å². The second-order valence-electron chi connectivity index (χ2n) is 6.40. The van der Waals surface area contributed by atoms with Crippen molar-refractivity contribution >= 4 is 29.8 Å². The highest BCUT2D eigenvalue weighted by Gasteiger charge is 2.21. The Labute approximate surface area is 174 Å². The van der Waals surface area contributed by atoms with Crippen molar-refractivity contribution in [3.05, 3.63) is 64.2 Å². The second-order valence-corrected chi connectivity index (χ2v) is 7.49. The Morgan fingerprint density at radius 2 is 1.69 bits per heavy atom. The molecule has 0 aromatic heterocycles. The van der Waals surface area contributed by atoms with Gasteiger partial charge in [0.2, 0.25) is 0 Å². The number of esters is 2. The molecule has 5 nitrogen and oxygen atoms in total. The van der Waals surface area contributed by atoms with Gasteiger partial charge in [0.05, 0.1) is 24.8 Å². The van der Waals surface area contributed by atoms with Crippen molar-refractivity contribution in [2.24, 2.45) is 0 Å². The summed E-state index contributed by atoms with van der Waals surface area (Å²) in [5, 5.41) is 9.15. The first-order valence-corrected chi connectivity index (χ1v) is 10.3. The van der Waals surface area contributed by atoms with Crippen molar-refractivity contribution in [1.29, 1.82) is 5.26 Å². The fourth-order valence-corrected chi connectivity index (χ4v) is 4.24. The third-order valence-electron chi connectivity index (χ3n) is 4.47. The molecule has 0 bridgehead atoms. The SMILES string of the molecule is CCOC(=O)C(=Cc1ccc2c(c1)CCc1ccc(C#N)cc1S2)C(=O)OCC. The predicted octanol–water partition coefficient (Wildman–Crippen LogP) is 4.32. The van der Waals surface area contributed by atoms with Crippen LogP contribution in [0.5, 0.6) is 0 Å². The van der Waals surface area contributed by atoms with Crippen LogP contribution in [0.2, 0.25) is 0 Å². The molecular formula is C23H21NO4S. The van der Waals surface area contributed by atoms with Crippen molar-refractivity contribution < 1.29 is 19.1 Å². The van der Waals surface area contributed by atoms with Crippen LogP contribution in [-0.4, -0.2) is 25.2 Å². The highest BCUT2D eigenvalue weighted by Crippen LogP contribution is 2.38. The summed E-state index contributed by atoms with van der Waals surface area (Å²) < 4.78 is 10.0. The number of hydrogen-bond acceptors (Lipinski definition) is 6. The van der Waals surface area contributed by atoms with Gasteiger partial charge in [-0.15, -0.1) is 0 Å². The molecule has 0 saturated heterocycles. The lowest BCUT2D eigenvalue weighted by molar-refractivity contribution is -0.146. The van der Waals surface area contributed by atoms with Gasteiger partial charge < -0.3 is 9.47 Å². The number of carbonyl (C=O) groups is 2. The number of carbonyl (C=O) groups excluding carboxylic acids is 2. The minimum absolute atomic E-state index is 0.114. The number of rotatable bonds is 5. The molecule has 0 atom stereocenters. The molecule has 1 aliphatic heterocycles. The molecule has 29 heavy (non-hydrogen) atoms. The van der Waals surface area contributed by atoms with Crippen LogP contribution < -0.4 is 0 Å². The van der Waals surface area contributed by atoms with Crippen molar-refractivity contribution in [1.82, 2.24) is 0 Å². The Morgan fingerprint density at radius 3 is 2.34 bits per heavy atom. The third kappa shape index (κ3) is 4.87. The molecule has 0 radical (unpaired) electrons. The highest BCUT2D eigenvalue weighted by atomic mass is 32.2.